The molecule has 10 heavy (non-hydrogen) atoms. The predicted octanol–water partition coefficient (Wildman–Crippen LogP) is 1.75. The van der Waals surface area contributed by atoms with E-state index in [1.807, 2.05) is 30.3 Å². The van der Waals surface area contributed by atoms with Crippen molar-refractivity contribution in [1.29, 1.82) is 0 Å². The molecule has 1 aromatic carbocycles. The van der Waals surface area contributed by atoms with Gasteiger partial charge in [0.05, 0.1) is 0 Å². The van der Waals surface area contributed by atoms with Crippen LogP contribution in [0.15, 0.2) is 30.3 Å². The molecule has 2 nitrogen and oxygen atoms in total. The van der Waals surface area contributed by atoms with Gasteiger partial charge in [0, 0.05) is 0 Å². The first kappa shape index (κ1) is 7.89. The van der Waals surface area contributed by atoms with Gasteiger partial charge in [0.1, 0.15) is 0 Å². The summed E-state index contributed by atoms with van der Waals surface area (Å²) >= 11 is 0.398. The second-order valence-electron chi connectivity index (χ2n) is 1.65. The minimum atomic E-state index is 0.398. The average Bonchev–Trinajstić information content (AvgIpc) is 2.03. The number of hydrogen-bond acceptors (Lipinski definition) is 2. The van der Waals surface area contributed by atoms with Crippen LogP contribution < -0.4 is 9.87 Å². The van der Waals surface area contributed by atoms with E-state index in [0.717, 1.165) is 5.69 Å². The molecule has 4 heteroatoms. The topological polar surface area (TPSA) is 24.1 Å². The fraction of sp³-hybridized carbons (Fsp3) is 0. The Labute approximate surface area is 70.5 Å². The summed E-state index contributed by atoms with van der Waals surface area (Å²) in [6, 6.07) is 9.79. The van der Waals surface area contributed by atoms with Crippen molar-refractivity contribution in [3.63, 3.8) is 0 Å². The quantitative estimate of drug-likeness (QED) is 0.571. The van der Waals surface area contributed by atoms with Crippen molar-refractivity contribution >= 4 is 15.8 Å². The summed E-state index contributed by atoms with van der Waals surface area (Å²) in [7, 11) is 5.38. The SMILES string of the molecule is [Cl][Fe][NH]Nc1ccccc1. The summed E-state index contributed by atoms with van der Waals surface area (Å²) in [5.74, 6) is 0. The van der Waals surface area contributed by atoms with Crippen LogP contribution in [0.2, 0.25) is 0 Å². The third kappa shape index (κ3) is 2.58. The van der Waals surface area contributed by atoms with E-state index >= 15 is 0 Å². The zero-order valence-corrected chi connectivity index (χ0v) is 6.98. The van der Waals surface area contributed by atoms with Gasteiger partial charge in [0.15, 0.2) is 0 Å². The summed E-state index contributed by atoms with van der Waals surface area (Å²) in [5.41, 5.74) is 3.93. The Hall–Kier alpha value is -0.211. The summed E-state index contributed by atoms with van der Waals surface area (Å²) in [6.07, 6.45) is 0. The number of rotatable bonds is 3. The number of hydrogen-bond donors (Lipinski definition) is 2. The first-order chi connectivity index (χ1) is 4.93. The second-order valence-corrected chi connectivity index (χ2v) is 2.68. The van der Waals surface area contributed by atoms with Crippen LogP contribution in [0.3, 0.4) is 0 Å². The van der Waals surface area contributed by atoms with Gasteiger partial charge in [-0.3, -0.25) is 0 Å². The van der Waals surface area contributed by atoms with Crippen LogP contribution in [0.5, 0.6) is 0 Å². The minimum absolute atomic E-state index is 0.398. The molecule has 0 unspecified atom stereocenters. The second kappa shape index (κ2) is 4.58. The summed E-state index contributed by atoms with van der Waals surface area (Å²) in [6.45, 7) is 0. The van der Waals surface area contributed by atoms with Gasteiger partial charge in [-0.05, 0) is 0 Å². The Morgan fingerprint density at radius 3 is 2.50 bits per heavy atom. The number of benzene rings is 1. The van der Waals surface area contributed by atoms with Crippen LogP contribution >= 0.6 is 10.1 Å². The molecule has 1 rings (SSSR count). The van der Waals surface area contributed by atoms with Gasteiger partial charge in [0.25, 0.3) is 0 Å². The molecule has 0 radical (unpaired) electrons. The van der Waals surface area contributed by atoms with Crippen molar-refractivity contribution in [3.05, 3.63) is 30.3 Å². The molecule has 1 aromatic rings. The molecule has 2 N–H and O–H groups in total. The number of hydrazine groups is 1. The van der Waals surface area contributed by atoms with Crippen LogP contribution in [-0.2, 0) is 14.3 Å². The van der Waals surface area contributed by atoms with E-state index in [-0.39, 0.29) is 0 Å². The summed E-state index contributed by atoms with van der Waals surface area (Å²) in [5, 5.41) is 0. The van der Waals surface area contributed by atoms with Crippen molar-refractivity contribution < 1.29 is 14.3 Å². The summed E-state index contributed by atoms with van der Waals surface area (Å²) < 4.78 is 2.78. The van der Waals surface area contributed by atoms with E-state index in [1.165, 1.54) is 0 Å². The Morgan fingerprint density at radius 1 is 1.20 bits per heavy atom. The number of halogens is 1. The zero-order chi connectivity index (χ0) is 7.23. The van der Waals surface area contributed by atoms with Crippen molar-refractivity contribution in [2.45, 2.75) is 0 Å². The molecule has 56 valence electrons. The standard InChI is InChI=1S/C6H7N2.ClH.Fe/c7-8-6-4-2-1-3-5-6;;/h1-5,7-8H;1H;/q-1;;+2/p-1. The molecule has 0 spiro atoms. The molecule has 0 heterocycles. The maximum atomic E-state index is 5.38. The molecular formula is C6H7ClFeN2. The van der Waals surface area contributed by atoms with Gasteiger partial charge in [0.2, 0.25) is 0 Å². The number of nitrogens with one attached hydrogen (secondary N) is 2. The van der Waals surface area contributed by atoms with E-state index in [0.29, 0.717) is 14.3 Å². The monoisotopic (exact) mass is 198 g/mol. The third-order valence-corrected chi connectivity index (χ3v) is 1.51. The normalized spacial score (nSPS) is 9.70. The van der Waals surface area contributed by atoms with Gasteiger partial charge in [-0.15, -0.1) is 0 Å². The van der Waals surface area contributed by atoms with E-state index < -0.39 is 0 Å². The maximum absolute atomic E-state index is 5.38. The van der Waals surface area contributed by atoms with Crippen LogP contribution in [0.4, 0.5) is 5.69 Å². The molecule has 0 saturated carbocycles. The Kier molecular flexibility index (Phi) is 3.62. The van der Waals surface area contributed by atoms with E-state index in [4.69, 9.17) is 10.1 Å². The number of anilines is 1. The van der Waals surface area contributed by atoms with Crippen molar-refractivity contribution in [2.24, 2.45) is 0 Å². The Morgan fingerprint density at radius 2 is 1.90 bits per heavy atom. The van der Waals surface area contributed by atoms with Crippen LogP contribution in [-0.4, -0.2) is 0 Å². The van der Waals surface area contributed by atoms with Crippen molar-refractivity contribution in [3.8, 4) is 0 Å². The van der Waals surface area contributed by atoms with Crippen LogP contribution in [0, 0.1) is 0 Å². The first-order valence-electron chi connectivity index (χ1n) is 2.72. The predicted molar refractivity (Wildman–Crippen MR) is 39.1 cm³/mol. The molecule has 0 saturated heterocycles. The molecule has 0 aliphatic carbocycles. The van der Waals surface area contributed by atoms with Gasteiger partial charge < -0.3 is 0 Å². The van der Waals surface area contributed by atoms with E-state index in [1.54, 1.807) is 0 Å². The van der Waals surface area contributed by atoms with E-state index in [9.17, 15) is 0 Å². The molecule has 0 aliphatic heterocycles. The van der Waals surface area contributed by atoms with Gasteiger partial charge in [-0.25, -0.2) is 0 Å². The van der Waals surface area contributed by atoms with E-state index in [2.05, 4.69) is 9.87 Å². The molecule has 0 fully saturated rings. The fourth-order valence-electron chi connectivity index (χ4n) is 0.589. The Balaban J connectivity index is 2.43. The van der Waals surface area contributed by atoms with Gasteiger partial charge in [-0.1, -0.05) is 0 Å². The molecule has 0 amide bonds. The third-order valence-electron chi connectivity index (χ3n) is 0.996. The summed E-state index contributed by atoms with van der Waals surface area (Å²) in [4.78, 5) is 0. The molecule has 0 atom stereocenters. The zero-order valence-electron chi connectivity index (χ0n) is 5.12. The van der Waals surface area contributed by atoms with Crippen molar-refractivity contribution in [1.82, 2.24) is 4.44 Å². The van der Waals surface area contributed by atoms with Crippen LogP contribution in [0.25, 0.3) is 0 Å². The fourth-order valence-corrected chi connectivity index (χ4v) is 0.939. The van der Waals surface area contributed by atoms with Gasteiger partial charge in [-0.2, -0.15) is 0 Å². The molecule has 0 bridgehead atoms. The first-order valence-corrected chi connectivity index (χ1v) is 4.79. The van der Waals surface area contributed by atoms with Gasteiger partial charge >= 0.3 is 70.2 Å². The molecule has 0 aliphatic rings. The van der Waals surface area contributed by atoms with Crippen molar-refractivity contribution in [2.75, 3.05) is 5.43 Å². The van der Waals surface area contributed by atoms with Crippen LogP contribution in [0.1, 0.15) is 0 Å². The number of para-hydroxylation sites is 1. The molecular weight excluding hydrogens is 191 g/mol. The Bertz CT molecular complexity index is 180. The average molecular weight is 198 g/mol. The molecule has 0 aromatic heterocycles.